The summed E-state index contributed by atoms with van der Waals surface area (Å²) in [5.74, 6) is 1.79. The monoisotopic (exact) mass is 391 g/mol. The van der Waals surface area contributed by atoms with E-state index in [1.807, 2.05) is 48.5 Å². The number of benzene rings is 2. The van der Waals surface area contributed by atoms with Gasteiger partial charge in [-0.15, -0.1) is 0 Å². The number of rotatable bonds is 7. The van der Waals surface area contributed by atoms with E-state index in [9.17, 15) is 4.79 Å². The van der Waals surface area contributed by atoms with Gasteiger partial charge in [0, 0.05) is 7.05 Å². The van der Waals surface area contributed by atoms with Crippen LogP contribution in [0.15, 0.2) is 54.6 Å². The molecule has 2 aromatic carbocycles. The van der Waals surface area contributed by atoms with Crippen LogP contribution in [0.4, 0.5) is 0 Å². The average molecular weight is 391 g/mol. The molecule has 0 radical (unpaired) electrons. The molecule has 0 unspecified atom stereocenters. The number of methoxy groups -OCH3 is 1. The maximum absolute atomic E-state index is 12.7. The molecule has 2 N–H and O–H groups in total. The van der Waals surface area contributed by atoms with E-state index in [1.54, 1.807) is 25.1 Å². The summed E-state index contributed by atoms with van der Waals surface area (Å²) in [5, 5.41) is 6.97. The summed E-state index contributed by atoms with van der Waals surface area (Å²) < 4.78 is 11.0. The molecule has 0 spiro atoms. The Morgan fingerprint density at radius 1 is 1.10 bits per heavy atom. The number of nitrogens with zero attached hydrogens (tertiary/aromatic N) is 3. The Balaban J connectivity index is 1.39. The number of carbonyl (C=O) groups excluding carboxylic acids is 1. The quantitative estimate of drug-likeness (QED) is 0.505. The van der Waals surface area contributed by atoms with Crippen molar-refractivity contribution in [2.24, 2.45) is 0 Å². The van der Waals surface area contributed by atoms with E-state index < -0.39 is 0 Å². The SMILES string of the molecule is COc1ccccc1OCc1cc(C(=O)N(C)Cc2nc3ccccc3[nH]2)n[nH]1. The zero-order chi connectivity index (χ0) is 20.2. The Morgan fingerprint density at radius 3 is 2.66 bits per heavy atom. The zero-order valence-electron chi connectivity index (χ0n) is 16.2. The highest BCUT2D eigenvalue weighted by molar-refractivity contribution is 5.92. The van der Waals surface area contributed by atoms with Gasteiger partial charge < -0.3 is 19.4 Å². The lowest BCUT2D eigenvalue weighted by atomic mass is 10.3. The Kier molecular flexibility index (Phi) is 5.15. The summed E-state index contributed by atoms with van der Waals surface area (Å²) >= 11 is 0. The van der Waals surface area contributed by atoms with Gasteiger partial charge in [0.05, 0.1) is 30.4 Å². The maximum atomic E-state index is 12.7. The molecule has 0 aliphatic carbocycles. The van der Waals surface area contributed by atoms with Crippen LogP contribution in [0.3, 0.4) is 0 Å². The van der Waals surface area contributed by atoms with Crippen LogP contribution < -0.4 is 9.47 Å². The number of imidazole rings is 1. The number of hydrogen-bond donors (Lipinski definition) is 2. The van der Waals surface area contributed by atoms with Crippen LogP contribution in [-0.2, 0) is 13.2 Å². The van der Waals surface area contributed by atoms with Gasteiger partial charge in [-0.3, -0.25) is 9.89 Å². The first-order valence-electron chi connectivity index (χ1n) is 9.13. The molecule has 0 fully saturated rings. The first-order chi connectivity index (χ1) is 14.1. The fraction of sp³-hybridized carbons (Fsp3) is 0.190. The van der Waals surface area contributed by atoms with Gasteiger partial charge in [-0.25, -0.2) is 4.98 Å². The van der Waals surface area contributed by atoms with E-state index in [1.165, 1.54) is 0 Å². The molecule has 4 aromatic rings. The first-order valence-corrected chi connectivity index (χ1v) is 9.13. The van der Waals surface area contributed by atoms with Crippen molar-refractivity contribution in [2.75, 3.05) is 14.2 Å². The van der Waals surface area contributed by atoms with Gasteiger partial charge in [-0.2, -0.15) is 5.10 Å². The molecule has 0 aliphatic heterocycles. The molecule has 0 bridgehead atoms. The molecular weight excluding hydrogens is 370 g/mol. The Bertz CT molecular complexity index is 1100. The van der Waals surface area contributed by atoms with E-state index in [4.69, 9.17) is 9.47 Å². The molecule has 2 heterocycles. The van der Waals surface area contributed by atoms with Gasteiger partial charge in [0.1, 0.15) is 12.4 Å². The van der Waals surface area contributed by atoms with Crippen molar-refractivity contribution in [3.8, 4) is 11.5 Å². The Labute approximate surface area is 167 Å². The number of fused-ring (bicyclic) bond motifs is 1. The topological polar surface area (TPSA) is 96.1 Å². The van der Waals surface area contributed by atoms with Crippen LogP contribution in [0.2, 0.25) is 0 Å². The van der Waals surface area contributed by atoms with E-state index in [2.05, 4.69) is 20.2 Å². The van der Waals surface area contributed by atoms with Gasteiger partial charge in [0.15, 0.2) is 17.2 Å². The van der Waals surface area contributed by atoms with Crippen molar-refractivity contribution in [1.82, 2.24) is 25.1 Å². The lowest BCUT2D eigenvalue weighted by Crippen LogP contribution is -2.27. The molecule has 0 saturated heterocycles. The van der Waals surface area contributed by atoms with Crippen molar-refractivity contribution in [2.45, 2.75) is 13.2 Å². The van der Waals surface area contributed by atoms with Crippen molar-refractivity contribution in [3.63, 3.8) is 0 Å². The van der Waals surface area contributed by atoms with Crippen LogP contribution in [0, 0.1) is 0 Å². The van der Waals surface area contributed by atoms with E-state index in [0.29, 0.717) is 29.4 Å². The second-order valence-electron chi connectivity index (χ2n) is 6.58. The van der Waals surface area contributed by atoms with Crippen LogP contribution in [0.1, 0.15) is 22.0 Å². The largest absolute Gasteiger partial charge is 0.493 e. The third-order valence-corrected chi connectivity index (χ3v) is 4.47. The standard InChI is InChI=1S/C21H21N5O3/c1-26(12-20-22-15-7-3-4-8-16(15)23-20)21(27)17-11-14(24-25-17)13-29-19-10-6-5-9-18(19)28-2/h3-11H,12-13H2,1-2H3,(H,22,23)(H,24,25). The van der Waals surface area contributed by atoms with Gasteiger partial charge in [0.25, 0.3) is 5.91 Å². The lowest BCUT2D eigenvalue weighted by Gasteiger charge is -2.13. The zero-order valence-corrected chi connectivity index (χ0v) is 16.2. The molecule has 0 atom stereocenters. The number of H-pyrrole nitrogens is 2. The first kappa shape index (κ1) is 18.5. The maximum Gasteiger partial charge on any atom is 0.274 e. The van der Waals surface area contributed by atoms with Crippen LogP contribution in [-0.4, -0.2) is 45.1 Å². The summed E-state index contributed by atoms with van der Waals surface area (Å²) in [6.45, 7) is 0.599. The fourth-order valence-corrected chi connectivity index (χ4v) is 3.01. The van der Waals surface area contributed by atoms with Crippen LogP contribution in [0.5, 0.6) is 11.5 Å². The van der Waals surface area contributed by atoms with Crippen LogP contribution in [0.25, 0.3) is 11.0 Å². The van der Waals surface area contributed by atoms with Crippen molar-refractivity contribution in [3.05, 3.63) is 71.8 Å². The number of nitrogens with one attached hydrogen (secondary N) is 2. The van der Waals surface area contributed by atoms with Crippen molar-refractivity contribution < 1.29 is 14.3 Å². The molecule has 0 saturated carbocycles. The molecular formula is C21H21N5O3. The molecule has 8 nitrogen and oxygen atoms in total. The van der Waals surface area contributed by atoms with Crippen molar-refractivity contribution in [1.29, 1.82) is 0 Å². The highest BCUT2D eigenvalue weighted by atomic mass is 16.5. The Morgan fingerprint density at radius 2 is 1.86 bits per heavy atom. The number of amides is 1. The number of aromatic amines is 2. The van der Waals surface area contributed by atoms with Gasteiger partial charge in [0.2, 0.25) is 0 Å². The summed E-state index contributed by atoms with van der Waals surface area (Å²) in [6.07, 6.45) is 0. The summed E-state index contributed by atoms with van der Waals surface area (Å²) in [7, 11) is 3.31. The second kappa shape index (κ2) is 8.05. The smallest absolute Gasteiger partial charge is 0.274 e. The minimum absolute atomic E-state index is 0.203. The second-order valence-corrected chi connectivity index (χ2v) is 6.58. The highest BCUT2D eigenvalue weighted by Crippen LogP contribution is 2.26. The molecule has 0 aliphatic rings. The predicted octanol–water partition coefficient (Wildman–Crippen LogP) is 3.15. The molecule has 8 heteroatoms. The van der Waals surface area contributed by atoms with E-state index in [0.717, 1.165) is 16.9 Å². The molecule has 29 heavy (non-hydrogen) atoms. The lowest BCUT2D eigenvalue weighted by molar-refractivity contribution is 0.0776. The van der Waals surface area contributed by atoms with Crippen LogP contribution >= 0.6 is 0 Å². The van der Waals surface area contributed by atoms with Gasteiger partial charge >= 0.3 is 0 Å². The minimum atomic E-state index is -0.203. The molecule has 4 rings (SSSR count). The van der Waals surface area contributed by atoms with Crippen molar-refractivity contribution >= 4 is 16.9 Å². The van der Waals surface area contributed by atoms with E-state index in [-0.39, 0.29) is 12.5 Å². The number of hydrogen-bond acceptors (Lipinski definition) is 5. The average Bonchev–Trinajstić information content (AvgIpc) is 3.38. The minimum Gasteiger partial charge on any atom is -0.493 e. The van der Waals surface area contributed by atoms with Gasteiger partial charge in [-0.05, 0) is 30.3 Å². The highest BCUT2D eigenvalue weighted by Gasteiger charge is 2.17. The third-order valence-electron chi connectivity index (χ3n) is 4.47. The summed E-state index contributed by atoms with van der Waals surface area (Å²) in [4.78, 5) is 22.0. The Hall–Kier alpha value is -3.81. The molecule has 1 amide bonds. The predicted molar refractivity (Wildman–Crippen MR) is 108 cm³/mol. The summed E-state index contributed by atoms with van der Waals surface area (Å²) in [5.41, 5.74) is 2.83. The number of aromatic nitrogens is 4. The normalized spacial score (nSPS) is 10.8. The number of ether oxygens (including phenoxy) is 2. The molecule has 148 valence electrons. The molecule has 2 aromatic heterocycles. The third kappa shape index (κ3) is 4.06. The summed E-state index contributed by atoms with van der Waals surface area (Å²) in [6, 6.07) is 16.8. The van der Waals surface area contributed by atoms with E-state index >= 15 is 0 Å². The number of para-hydroxylation sites is 4. The van der Waals surface area contributed by atoms with Gasteiger partial charge in [-0.1, -0.05) is 24.3 Å². The number of carbonyl (C=O) groups is 1. The fourth-order valence-electron chi connectivity index (χ4n) is 3.01.